The van der Waals surface area contributed by atoms with Crippen LogP contribution in [0.5, 0.6) is 0 Å². The van der Waals surface area contributed by atoms with Crippen LogP contribution in [0.25, 0.3) is 0 Å². The molecule has 0 aliphatic carbocycles. The maximum Gasteiger partial charge on any atom is 0.310 e. The number of aliphatic imine (C=N–C) groups is 1. The third kappa shape index (κ3) is 3.68. The highest BCUT2D eigenvalue weighted by Gasteiger charge is 2.58. The fourth-order valence-electron chi connectivity index (χ4n) is 2.78. The summed E-state index contributed by atoms with van der Waals surface area (Å²) in [6.07, 6.45) is 3.04. The Hall–Kier alpha value is -2.75. The van der Waals surface area contributed by atoms with E-state index in [1.165, 1.54) is 0 Å². The van der Waals surface area contributed by atoms with Crippen molar-refractivity contribution >= 4 is 17.5 Å². The second kappa shape index (κ2) is 7.43. The molecular weight excluding hydrogens is 314 g/mol. The lowest BCUT2D eigenvalue weighted by Crippen LogP contribution is -2.36. The van der Waals surface area contributed by atoms with E-state index in [1.54, 1.807) is 24.3 Å². The van der Waals surface area contributed by atoms with E-state index < -0.39 is 5.72 Å². The SMILES string of the molecule is CCCCCC(=O)OC1(C(=O)c2ccccc2)N=C1c1ccccc1. The van der Waals surface area contributed by atoms with E-state index in [-0.39, 0.29) is 11.8 Å². The van der Waals surface area contributed by atoms with Crippen LogP contribution < -0.4 is 0 Å². The van der Waals surface area contributed by atoms with E-state index >= 15 is 0 Å². The summed E-state index contributed by atoms with van der Waals surface area (Å²) in [6, 6.07) is 18.2. The normalized spacial score (nSPS) is 18.4. The van der Waals surface area contributed by atoms with Gasteiger partial charge in [0.1, 0.15) is 5.71 Å². The number of ether oxygens (including phenoxy) is 1. The second-order valence-electron chi connectivity index (χ2n) is 6.10. The summed E-state index contributed by atoms with van der Waals surface area (Å²) in [5, 5.41) is 0. The monoisotopic (exact) mass is 335 g/mol. The van der Waals surface area contributed by atoms with Crippen LogP contribution in [0.1, 0.15) is 48.5 Å². The largest absolute Gasteiger partial charge is 0.423 e. The van der Waals surface area contributed by atoms with Gasteiger partial charge in [-0.3, -0.25) is 9.59 Å². The molecule has 128 valence electrons. The molecule has 4 nitrogen and oxygen atoms in total. The Morgan fingerprint density at radius 3 is 2.24 bits per heavy atom. The molecular formula is C21H21NO3. The molecule has 1 unspecified atom stereocenters. The minimum absolute atomic E-state index is 0.296. The summed E-state index contributed by atoms with van der Waals surface area (Å²) in [7, 11) is 0. The van der Waals surface area contributed by atoms with Gasteiger partial charge in [-0.25, -0.2) is 4.99 Å². The van der Waals surface area contributed by atoms with Crippen molar-refractivity contribution in [1.82, 2.24) is 0 Å². The predicted octanol–water partition coefficient (Wildman–Crippen LogP) is 4.19. The van der Waals surface area contributed by atoms with Crippen LogP contribution in [-0.4, -0.2) is 23.2 Å². The first-order valence-corrected chi connectivity index (χ1v) is 8.65. The quantitative estimate of drug-likeness (QED) is 0.413. The molecule has 0 saturated heterocycles. The van der Waals surface area contributed by atoms with Crippen molar-refractivity contribution in [3.05, 3.63) is 71.8 Å². The molecule has 4 heteroatoms. The van der Waals surface area contributed by atoms with E-state index in [0.717, 1.165) is 24.8 Å². The highest BCUT2D eigenvalue weighted by Crippen LogP contribution is 2.37. The molecule has 0 amide bonds. The fraction of sp³-hybridized carbons (Fsp3) is 0.286. The van der Waals surface area contributed by atoms with Gasteiger partial charge in [-0.05, 0) is 6.42 Å². The van der Waals surface area contributed by atoms with Gasteiger partial charge in [-0.1, -0.05) is 80.4 Å². The number of nitrogens with zero attached hydrogens (tertiary/aromatic N) is 1. The number of benzene rings is 2. The molecule has 0 radical (unpaired) electrons. The average Bonchev–Trinajstić information content (AvgIpc) is 3.38. The van der Waals surface area contributed by atoms with Gasteiger partial charge in [0.05, 0.1) is 0 Å². The Bertz CT molecular complexity index is 783. The molecule has 25 heavy (non-hydrogen) atoms. The number of esters is 1. The van der Waals surface area contributed by atoms with Crippen LogP contribution in [0.3, 0.4) is 0 Å². The number of unbranched alkanes of at least 4 members (excludes halogenated alkanes) is 2. The molecule has 0 saturated carbocycles. The lowest BCUT2D eigenvalue weighted by molar-refractivity contribution is -0.148. The van der Waals surface area contributed by atoms with Crippen molar-refractivity contribution in [2.75, 3.05) is 0 Å². The highest BCUT2D eigenvalue weighted by atomic mass is 16.6. The number of hydrogen-bond donors (Lipinski definition) is 0. The minimum Gasteiger partial charge on any atom is -0.423 e. The molecule has 0 fully saturated rings. The van der Waals surface area contributed by atoms with Gasteiger partial charge >= 0.3 is 11.7 Å². The van der Waals surface area contributed by atoms with Gasteiger partial charge in [0, 0.05) is 17.5 Å². The van der Waals surface area contributed by atoms with Gasteiger partial charge < -0.3 is 4.74 Å². The van der Waals surface area contributed by atoms with E-state index in [2.05, 4.69) is 11.9 Å². The van der Waals surface area contributed by atoms with Crippen molar-refractivity contribution in [2.24, 2.45) is 4.99 Å². The van der Waals surface area contributed by atoms with E-state index in [1.807, 2.05) is 36.4 Å². The molecule has 0 spiro atoms. The smallest absolute Gasteiger partial charge is 0.310 e. The zero-order chi connectivity index (χ0) is 17.7. The third-order valence-corrected chi connectivity index (χ3v) is 4.18. The number of hydrogen-bond acceptors (Lipinski definition) is 4. The molecule has 1 heterocycles. The number of ketones is 1. The van der Waals surface area contributed by atoms with E-state index in [0.29, 0.717) is 17.7 Å². The Morgan fingerprint density at radius 2 is 1.60 bits per heavy atom. The van der Waals surface area contributed by atoms with Gasteiger partial charge in [0.2, 0.25) is 5.78 Å². The van der Waals surface area contributed by atoms with Crippen LogP contribution in [0, 0.1) is 0 Å². The van der Waals surface area contributed by atoms with Crippen LogP contribution in [-0.2, 0) is 9.53 Å². The Kier molecular flexibility index (Phi) is 5.08. The zero-order valence-corrected chi connectivity index (χ0v) is 14.3. The average molecular weight is 335 g/mol. The molecule has 0 aromatic heterocycles. The Labute approximate surface area is 147 Å². The topological polar surface area (TPSA) is 55.7 Å². The van der Waals surface area contributed by atoms with Gasteiger partial charge in [-0.2, -0.15) is 0 Å². The van der Waals surface area contributed by atoms with E-state index in [9.17, 15) is 9.59 Å². The number of carbonyl (C=O) groups is 2. The van der Waals surface area contributed by atoms with Crippen LogP contribution in [0.2, 0.25) is 0 Å². The van der Waals surface area contributed by atoms with Crippen molar-refractivity contribution in [1.29, 1.82) is 0 Å². The summed E-state index contributed by atoms with van der Waals surface area (Å²) in [5.74, 6) is -0.678. The van der Waals surface area contributed by atoms with E-state index in [4.69, 9.17) is 4.74 Å². The summed E-state index contributed by atoms with van der Waals surface area (Å²) in [6.45, 7) is 2.07. The third-order valence-electron chi connectivity index (χ3n) is 4.18. The molecule has 1 aliphatic rings. The molecule has 0 bridgehead atoms. The number of rotatable bonds is 8. The summed E-state index contributed by atoms with van der Waals surface area (Å²) in [5.41, 5.74) is 0.309. The first-order chi connectivity index (χ1) is 12.2. The molecule has 3 rings (SSSR count). The maximum atomic E-state index is 13.0. The van der Waals surface area contributed by atoms with Gasteiger partial charge in [0.25, 0.3) is 0 Å². The summed E-state index contributed by atoms with van der Waals surface area (Å²) >= 11 is 0. The Morgan fingerprint density at radius 1 is 0.960 bits per heavy atom. The Balaban J connectivity index is 1.81. The lowest BCUT2D eigenvalue weighted by Gasteiger charge is -2.16. The molecule has 1 atom stereocenters. The fourth-order valence-corrected chi connectivity index (χ4v) is 2.78. The minimum atomic E-state index is -1.49. The number of carbonyl (C=O) groups excluding carboxylic acids is 2. The summed E-state index contributed by atoms with van der Waals surface area (Å²) in [4.78, 5) is 29.5. The van der Waals surface area contributed by atoms with Crippen LogP contribution >= 0.6 is 0 Å². The maximum absolute atomic E-state index is 13.0. The lowest BCUT2D eigenvalue weighted by atomic mass is 9.99. The first-order valence-electron chi connectivity index (χ1n) is 8.65. The first kappa shape index (κ1) is 17.1. The highest BCUT2D eigenvalue weighted by molar-refractivity contribution is 6.33. The number of Topliss-reactive ketones (excluding diaryl/α,β-unsaturated/α-hetero) is 1. The van der Waals surface area contributed by atoms with Crippen molar-refractivity contribution in [3.63, 3.8) is 0 Å². The molecule has 2 aromatic rings. The predicted molar refractivity (Wildman–Crippen MR) is 96.7 cm³/mol. The molecule has 1 aliphatic heterocycles. The summed E-state index contributed by atoms with van der Waals surface area (Å²) < 4.78 is 5.59. The van der Waals surface area contributed by atoms with Gasteiger partial charge in [-0.15, -0.1) is 0 Å². The standard InChI is InChI=1S/C21H21NO3/c1-2-3-6-15-18(23)25-21(20(24)17-13-9-5-10-14-17)19(22-21)16-11-7-4-8-12-16/h4-5,7-14H,2-3,6,15H2,1H3. The van der Waals surface area contributed by atoms with Crippen molar-refractivity contribution in [3.8, 4) is 0 Å². The van der Waals surface area contributed by atoms with Crippen molar-refractivity contribution in [2.45, 2.75) is 38.3 Å². The zero-order valence-electron chi connectivity index (χ0n) is 14.3. The molecule has 0 N–H and O–H groups in total. The van der Waals surface area contributed by atoms with Crippen LogP contribution in [0.4, 0.5) is 0 Å². The van der Waals surface area contributed by atoms with Gasteiger partial charge in [0.15, 0.2) is 0 Å². The van der Waals surface area contributed by atoms with Crippen LogP contribution in [0.15, 0.2) is 65.7 Å². The van der Waals surface area contributed by atoms with Crippen molar-refractivity contribution < 1.29 is 14.3 Å². The second-order valence-corrected chi connectivity index (χ2v) is 6.10. The molecule has 2 aromatic carbocycles.